The number of hydrogen-bond acceptors (Lipinski definition) is 5. The lowest BCUT2D eigenvalue weighted by Gasteiger charge is -2.41. The highest BCUT2D eigenvalue weighted by atomic mass is 16.5. The Morgan fingerprint density at radius 3 is 2.68 bits per heavy atom. The van der Waals surface area contributed by atoms with E-state index in [-0.39, 0.29) is 24.5 Å². The summed E-state index contributed by atoms with van der Waals surface area (Å²) in [6.45, 7) is 0.322. The summed E-state index contributed by atoms with van der Waals surface area (Å²) in [4.78, 5) is 29.3. The van der Waals surface area contributed by atoms with Crippen molar-refractivity contribution in [2.45, 2.75) is 37.6 Å². The van der Waals surface area contributed by atoms with Crippen molar-refractivity contribution in [1.82, 2.24) is 20.0 Å². The van der Waals surface area contributed by atoms with E-state index >= 15 is 0 Å². The van der Waals surface area contributed by atoms with E-state index in [0.29, 0.717) is 6.54 Å². The van der Waals surface area contributed by atoms with Gasteiger partial charge in [-0.15, -0.1) is 0 Å². The van der Waals surface area contributed by atoms with Crippen LogP contribution in [0.1, 0.15) is 30.1 Å². The summed E-state index contributed by atoms with van der Waals surface area (Å²) in [6, 6.07) is 9.04. The third kappa shape index (κ3) is 3.60. The van der Waals surface area contributed by atoms with Crippen LogP contribution in [0.5, 0.6) is 5.75 Å². The van der Waals surface area contributed by atoms with E-state index in [2.05, 4.69) is 10.2 Å². The molecular formula is C20H24N4O4. The summed E-state index contributed by atoms with van der Waals surface area (Å²) in [5.41, 5.74) is 1.71. The number of methoxy groups -OCH3 is 1. The Hall–Kier alpha value is -2.87. The summed E-state index contributed by atoms with van der Waals surface area (Å²) in [6.07, 6.45) is 2.82. The van der Waals surface area contributed by atoms with Crippen LogP contribution in [0.3, 0.4) is 0 Å². The van der Waals surface area contributed by atoms with E-state index in [1.54, 1.807) is 25.3 Å². The molecule has 8 nitrogen and oxygen atoms in total. The molecule has 1 saturated carbocycles. The molecule has 2 fully saturated rings. The predicted molar refractivity (Wildman–Crippen MR) is 100 cm³/mol. The molecule has 0 unspecified atom stereocenters. The zero-order valence-corrected chi connectivity index (χ0v) is 16.0. The Kier molecular flexibility index (Phi) is 5.04. The zero-order valence-electron chi connectivity index (χ0n) is 16.0. The summed E-state index contributed by atoms with van der Waals surface area (Å²) in [5.74, 6) is 0.501. The number of ether oxygens (including phenoxy) is 2. The number of H-pyrrole nitrogens is 1. The van der Waals surface area contributed by atoms with Gasteiger partial charge in [0.05, 0.1) is 25.4 Å². The maximum Gasteiger partial charge on any atom is 0.254 e. The molecule has 1 aromatic carbocycles. The van der Waals surface area contributed by atoms with Gasteiger partial charge in [-0.25, -0.2) is 0 Å². The van der Waals surface area contributed by atoms with Gasteiger partial charge in [-0.2, -0.15) is 5.10 Å². The Labute approximate surface area is 163 Å². The molecule has 1 saturated heterocycles. The molecule has 2 heterocycles. The van der Waals surface area contributed by atoms with E-state index in [4.69, 9.17) is 9.47 Å². The van der Waals surface area contributed by atoms with E-state index in [0.717, 1.165) is 29.8 Å². The molecule has 148 valence electrons. The summed E-state index contributed by atoms with van der Waals surface area (Å²) >= 11 is 0. The minimum atomic E-state index is -0.750. The fourth-order valence-corrected chi connectivity index (χ4v) is 3.68. The second-order valence-corrected chi connectivity index (χ2v) is 7.26. The first-order chi connectivity index (χ1) is 13.6. The molecule has 28 heavy (non-hydrogen) atoms. The number of hydrogen-bond donors (Lipinski definition) is 1. The van der Waals surface area contributed by atoms with Crippen LogP contribution in [-0.2, 0) is 20.9 Å². The maximum atomic E-state index is 13.2. The third-order valence-corrected chi connectivity index (χ3v) is 5.24. The van der Waals surface area contributed by atoms with E-state index in [9.17, 15) is 9.59 Å². The summed E-state index contributed by atoms with van der Waals surface area (Å²) in [7, 11) is 3.34. The molecule has 2 amide bonds. The summed E-state index contributed by atoms with van der Waals surface area (Å²) < 4.78 is 11.0. The van der Waals surface area contributed by atoms with Gasteiger partial charge >= 0.3 is 0 Å². The average Bonchev–Trinajstić information content (AvgIpc) is 3.43. The normalized spacial score (nSPS) is 22.2. The van der Waals surface area contributed by atoms with Crippen LogP contribution >= 0.6 is 0 Å². The standard InChI is InChI=1S/C20H24N4O4/c1-23(11-14-9-10-21-22-14)20(26)19-18(13-3-7-16(27-2)8-4-13)24(15-5-6-15)17(25)12-28-19/h3-4,7-10,15,18-19H,5-6,11-12H2,1-2H3,(H,21,22)/t18-,19+/m1/s1. The maximum absolute atomic E-state index is 13.2. The van der Waals surface area contributed by atoms with E-state index < -0.39 is 12.1 Å². The number of amides is 2. The second kappa shape index (κ2) is 7.63. The first-order valence-corrected chi connectivity index (χ1v) is 9.38. The average molecular weight is 384 g/mol. The number of likely N-dealkylation sites (N-methyl/N-ethyl adjacent to an activating group) is 1. The topological polar surface area (TPSA) is 87.8 Å². The first kappa shape index (κ1) is 18.5. The minimum Gasteiger partial charge on any atom is -0.497 e. The van der Waals surface area contributed by atoms with Crippen molar-refractivity contribution in [2.24, 2.45) is 0 Å². The van der Waals surface area contributed by atoms with E-state index in [1.807, 2.05) is 35.2 Å². The highest BCUT2D eigenvalue weighted by Crippen LogP contribution is 2.40. The fraction of sp³-hybridized carbons (Fsp3) is 0.450. The van der Waals surface area contributed by atoms with Crippen molar-refractivity contribution in [3.05, 3.63) is 47.8 Å². The SMILES string of the molecule is COc1ccc([C@@H]2[C@@H](C(=O)N(C)Cc3ccn[nH]3)OCC(=O)N2C2CC2)cc1. The number of morpholine rings is 1. The Morgan fingerprint density at radius 2 is 2.07 bits per heavy atom. The molecule has 1 aliphatic heterocycles. The van der Waals surface area contributed by atoms with Crippen molar-refractivity contribution in [3.8, 4) is 5.75 Å². The van der Waals surface area contributed by atoms with Crippen molar-refractivity contribution >= 4 is 11.8 Å². The molecule has 8 heteroatoms. The van der Waals surface area contributed by atoms with Crippen LogP contribution in [0.4, 0.5) is 0 Å². The quantitative estimate of drug-likeness (QED) is 0.816. The van der Waals surface area contributed by atoms with E-state index in [1.165, 1.54) is 0 Å². The monoisotopic (exact) mass is 384 g/mol. The molecule has 0 bridgehead atoms. The largest absolute Gasteiger partial charge is 0.497 e. The van der Waals surface area contributed by atoms with Gasteiger partial charge in [0.2, 0.25) is 5.91 Å². The number of aromatic nitrogens is 2. The second-order valence-electron chi connectivity index (χ2n) is 7.26. The van der Waals surface area contributed by atoms with Gasteiger partial charge in [0.15, 0.2) is 6.10 Å². The van der Waals surface area contributed by atoms with Crippen LogP contribution < -0.4 is 4.74 Å². The van der Waals surface area contributed by atoms with Gasteiger partial charge < -0.3 is 19.3 Å². The fourth-order valence-electron chi connectivity index (χ4n) is 3.68. The number of nitrogens with zero attached hydrogens (tertiary/aromatic N) is 3. The van der Waals surface area contributed by atoms with Gasteiger partial charge in [0.1, 0.15) is 12.4 Å². The lowest BCUT2D eigenvalue weighted by atomic mass is 9.96. The van der Waals surface area contributed by atoms with Gasteiger partial charge in [-0.3, -0.25) is 14.7 Å². The molecule has 1 aromatic heterocycles. The van der Waals surface area contributed by atoms with Crippen LogP contribution in [-0.4, -0.2) is 64.7 Å². The predicted octanol–water partition coefficient (Wildman–Crippen LogP) is 1.51. The molecular weight excluding hydrogens is 360 g/mol. The molecule has 1 N–H and O–H groups in total. The van der Waals surface area contributed by atoms with Gasteiger partial charge in [0, 0.05) is 19.3 Å². The number of benzene rings is 1. The number of nitrogens with one attached hydrogen (secondary N) is 1. The van der Waals surface area contributed by atoms with Crippen molar-refractivity contribution in [2.75, 3.05) is 20.8 Å². The Morgan fingerprint density at radius 1 is 1.32 bits per heavy atom. The van der Waals surface area contributed by atoms with Crippen LogP contribution in [0.2, 0.25) is 0 Å². The van der Waals surface area contributed by atoms with Crippen LogP contribution in [0.25, 0.3) is 0 Å². The Bertz CT molecular complexity index is 832. The van der Waals surface area contributed by atoms with Crippen molar-refractivity contribution in [1.29, 1.82) is 0 Å². The molecule has 0 radical (unpaired) electrons. The lowest BCUT2D eigenvalue weighted by molar-refractivity contribution is -0.170. The van der Waals surface area contributed by atoms with Crippen molar-refractivity contribution in [3.63, 3.8) is 0 Å². The zero-order chi connectivity index (χ0) is 19.7. The van der Waals surface area contributed by atoms with Crippen LogP contribution in [0.15, 0.2) is 36.5 Å². The molecule has 2 aliphatic rings. The summed E-state index contributed by atoms with van der Waals surface area (Å²) in [5, 5.41) is 6.78. The number of rotatable bonds is 6. The first-order valence-electron chi connectivity index (χ1n) is 9.38. The number of carbonyl (C=O) groups excluding carboxylic acids is 2. The lowest BCUT2D eigenvalue weighted by Crippen LogP contribution is -2.55. The molecule has 0 spiro atoms. The Balaban J connectivity index is 1.62. The highest BCUT2D eigenvalue weighted by Gasteiger charge is 2.48. The van der Waals surface area contributed by atoms with Gasteiger partial charge in [0.25, 0.3) is 5.91 Å². The molecule has 1 aliphatic carbocycles. The smallest absolute Gasteiger partial charge is 0.254 e. The number of aromatic amines is 1. The van der Waals surface area contributed by atoms with Crippen molar-refractivity contribution < 1.29 is 19.1 Å². The molecule has 4 rings (SSSR count). The number of carbonyl (C=O) groups is 2. The van der Waals surface area contributed by atoms with Gasteiger partial charge in [-0.05, 0) is 36.6 Å². The van der Waals surface area contributed by atoms with Crippen LogP contribution in [0, 0.1) is 0 Å². The molecule has 2 atom stereocenters. The minimum absolute atomic E-state index is 0.0661. The van der Waals surface area contributed by atoms with Gasteiger partial charge in [-0.1, -0.05) is 12.1 Å². The highest BCUT2D eigenvalue weighted by molar-refractivity contribution is 5.86. The third-order valence-electron chi connectivity index (χ3n) is 5.24. The molecule has 2 aromatic rings.